The van der Waals surface area contributed by atoms with Crippen LogP contribution in [0.1, 0.15) is 32.1 Å². The van der Waals surface area contributed by atoms with Crippen molar-refractivity contribution in [2.45, 2.75) is 38.1 Å². The van der Waals surface area contributed by atoms with Gasteiger partial charge in [-0.2, -0.15) is 0 Å². The Hall–Kier alpha value is -1.83. The van der Waals surface area contributed by atoms with E-state index in [1.165, 1.54) is 6.42 Å². The quantitative estimate of drug-likeness (QED) is 0.508. The maximum absolute atomic E-state index is 12.3. The third-order valence-electron chi connectivity index (χ3n) is 6.05. The van der Waals surface area contributed by atoms with E-state index >= 15 is 0 Å². The van der Waals surface area contributed by atoms with Crippen LogP contribution in [0.5, 0.6) is 0 Å². The van der Waals surface area contributed by atoms with Crippen LogP contribution in [0.4, 0.5) is 0 Å². The van der Waals surface area contributed by atoms with E-state index in [2.05, 4.69) is 25.4 Å². The fourth-order valence-electron chi connectivity index (χ4n) is 3.96. The second-order valence-corrected chi connectivity index (χ2v) is 7.95. The second-order valence-electron chi connectivity index (χ2n) is 7.95. The van der Waals surface area contributed by atoms with Gasteiger partial charge in [-0.05, 0) is 19.3 Å². The Labute approximate surface area is 162 Å². The number of rotatable bonds is 5. The molecule has 0 spiro atoms. The first-order valence-electron chi connectivity index (χ1n) is 10.3. The first-order chi connectivity index (χ1) is 13.1. The van der Waals surface area contributed by atoms with Gasteiger partial charge in [-0.3, -0.25) is 19.5 Å². The zero-order chi connectivity index (χ0) is 19.2. The SMILES string of the molecule is CN=C(NCCN1CCN(C(=O)C2CCC2)CC1)NC1CCC(=O)N(C)C1. The summed E-state index contributed by atoms with van der Waals surface area (Å²) in [5, 5.41) is 6.79. The molecule has 2 aliphatic heterocycles. The monoisotopic (exact) mass is 378 g/mol. The lowest BCUT2D eigenvalue weighted by atomic mass is 9.84. The van der Waals surface area contributed by atoms with E-state index in [9.17, 15) is 9.59 Å². The summed E-state index contributed by atoms with van der Waals surface area (Å²) in [6, 6.07) is 0.250. The lowest BCUT2D eigenvalue weighted by Crippen LogP contribution is -2.54. The Morgan fingerprint density at radius 3 is 2.52 bits per heavy atom. The van der Waals surface area contributed by atoms with E-state index in [4.69, 9.17) is 0 Å². The summed E-state index contributed by atoms with van der Waals surface area (Å²) in [4.78, 5) is 34.4. The molecule has 3 rings (SSSR count). The predicted octanol–water partition coefficient (Wildman–Crippen LogP) is -0.283. The summed E-state index contributed by atoms with van der Waals surface area (Å²) in [6.07, 6.45) is 4.82. The number of amides is 2. The third-order valence-corrected chi connectivity index (χ3v) is 6.05. The van der Waals surface area contributed by atoms with Gasteiger partial charge >= 0.3 is 0 Å². The number of carbonyl (C=O) groups excluding carboxylic acids is 2. The van der Waals surface area contributed by atoms with Gasteiger partial charge in [-0.15, -0.1) is 0 Å². The minimum absolute atomic E-state index is 0.214. The zero-order valence-electron chi connectivity index (χ0n) is 16.7. The largest absolute Gasteiger partial charge is 0.355 e. The number of piperidine rings is 1. The van der Waals surface area contributed by atoms with Crippen molar-refractivity contribution in [1.29, 1.82) is 0 Å². The van der Waals surface area contributed by atoms with Crippen molar-refractivity contribution in [3.05, 3.63) is 0 Å². The number of likely N-dealkylation sites (tertiary alicyclic amines) is 1. The highest BCUT2D eigenvalue weighted by Gasteiger charge is 2.31. The normalized spacial score (nSPS) is 25.3. The molecule has 0 bridgehead atoms. The maximum Gasteiger partial charge on any atom is 0.225 e. The van der Waals surface area contributed by atoms with Gasteiger partial charge in [0.1, 0.15) is 0 Å². The number of likely N-dealkylation sites (N-methyl/N-ethyl adjacent to an activating group) is 1. The number of aliphatic imine (C=N–C) groups is 1. The van der Waals surface area contributed by atoms with Crippen molar-refractivity contribution < 1.29 is 9.59 Å². The van der Waals surface area contributed by atoms with Crippen molar-refractivity contribution in [1.82, 2.24) is 25.3 Å². The molecule has 8 nitrogen and oxygen atoms in total. The fourth-order valence-corrected chi connectivity index (χ4v) is 3.96. The van der Waals surface area contributed by atoms with Crippen LogP contribution in [-0.2, 0) is 9.59 Å². The number of nitrogens with zero attached hydrogens (tertiary/aromatic N) is 4. The number of carbonyl (C=O) groups is 2. The topological polar surface area (TPSA) is 80.3 Å². The summed E-state index contributed by atoms with van der Waals surface area (Å²) in [7, 11) is 3.62. The molecule has 1 saturated carbocycles. The zero-order valence-corrected chi connectivity index (χ0v) is 16.7. The average molecular weight is 379 g/mol. The molecule has 27 heavy (non-hydrogen) atoms. The molecule has 1 atom stereocenters. The molecule has 8 heteroatoms. The van der Waals surface area contributed by atoms with Crippen LogP contribution in [-0.4, -0.2) is 98.4 Å². The Kier molecular flexibility index (Phi) is 6.93. The van der Waals surface area contributed by atoms with Gasteiger partial charge in [0.05, 0.1) is 0 Å². The molecule has 3 fully saturated rings. The van der Waals surface area contributed by atoms with Crippen LogP contribution in [0.2, 0.25) is 0 Å². The highest BCUT2D eigenvalue weighted by Crippen LogP contribution is 2.28. The lowest BCUT2D eigenvalue weighted by Gasteiger charge is -2.38. The standard InChI is InChI=1S/C19H34N6O2/c1-20-19(22-16-6-7-17(26)23(2)14-16)21-8-9-24-10-12-25(13-11-24)18(27)15-4-3-5-15/h15-16H,3-14H2,1-2H3,(H2,20,21,22). The van der Waals surface area contributed by atoms with E-state index in [0.29, 0.717) is 18.2 Å². The van der Waals surface area contributed by atoms with Gasteiger partial charge in [0.15, 0.2) is 5.96 Å². The van der Waals surface area contributed by atoms with Crippen LogP contribution in [0.15, 0.2) is 4.99 Å². The van der Waals surface area contributed by atoms with Gasteiger partial charge in [0.25, 0.3) is 0 Å². The van der Waals surface area contributed by atoms with Gasteiger partial charge in [0.2, 0.25) is 11.8 Å². The molecule has 0 aromatic heterocycles. The number of nitrogens with one attached hydrogen (secondary N) is 2. The minimum atomic E-state index is 0.214. The summed E-state index contributed by atoms with van der Waals surface area (Å²) in [5.74, 6) is 1.69. The van der Waals surface area contributed by atoms with E-state index in [-0.39, 0.29) is 11.9 Å². The molecule has 2 heterocycles. The molecule has 152 valence electrons. The van der Waals surface area contributed by atoms with Gasteiger partial charge in [-0.25, -0.2) is 0 Å². The molecular weight excluding hydrogens is 344 g/mol. The first-order valence-corrected chi connectivity index (χ1v) is 10.3. The van der Waals surface area contributed by atoms with Crippen molar-refractivity contribution in [3.8, 4) is 0 Å². The highest BCUT2D eigenvalue weighted by molar-refractivity contribution is 5.81. The summed E-state index contributed by atoms with van der Waals surface area (Å²) in [6.45, 7) is 6.07. The Bertz CT molecular complexity index is 554. The number of hydrogen-bond donors (Lipinski definition) is 2. The van der Waals surface area contributed by atoms with E-state index in [0.717, 1.165) is 71.0 Å². The lowest BCUT2D eigenvalue weighted by molar-refractivity contribution is -0.140. The predicted molar refractivity (Wildman–Crippen MR) is 106 cm³/mol. The molecule has 1 aliphatic carbocycles. The Morgan fingerprint density at radius 1 is 1.19 bits per heavy atom. The van der Waals surface area contributed by atoms with Gasteiger partial charge < -0.3 is 20.4 Å². The molecular formula is C19H34N6O2. The Morgan fingerprint density at radius 2 is 1.93 bits per heavy atom. The molecule has 0 aromatic carbocycles. The molecule has 2 amide bonds. The van der Waals surface area contributed by atoms with Crippen molar-refractivity contribution >= 4 is 17.8 Å². The molecule has 1 unspecified atom stereocenters. The third kappa shape index (κ3) is 5.34. The van der Waals surface area contributed by atoms with Crippen molar-refractivity contribution in [2.75, 3.05) is 59.9 Å². The average Bonchev–Trinajstić information content (AvgIpc) is 2.63. The van der Waals surface area contributed by atoms with E-state index in [1.807, 2.05) is 7.05 Å². The van der Waals surface area contributed by atoms with Crippen molar-refractivity contribution in [2.24, 2.45) is 10.9 Å². The van der Waals surface area contributed by atoms with Gasteiger partial charge in [0, 0.05) is 78.3 Å². The van der Waals surface area contributed by atoms with Crippen LogP contribution >= 0.6 is 0 Å². The van der Waals surface area contributed by atoms with Crippen LogP contribution in [0, 0.1) is 5.92 Å². The van der Waals surface area contributed by atoms with Crippen LogP contribution in [0.25, 0.3) is 0 Å². The molecule has 2 saturated heterocycles. The van der Waals surface area contributed by atoms with Gasteiger partial charge in [-0.1, -0.05) is 6.42 Å². The number of piperazine rings is 1. The summed E-state index contributed by atoms with van der Waals surface area (Å²) < 4.78 is 0. The summed E-state index contributed by atoms with van der Waals surface area (Å²) >= 11 is 0. The number of guanidine groups is 1. The van der Waals surface area contributed by atoms with E-state index < -0.39 is 0 Å². The van der Waals surface area contributed by atoms with Crippen LogP contribution < -0.4 is 10.6 Å². The fraction of sp³-hybridized carbons (Fsp3) is 0.842. The second kappa shape index (κ2) is 9.39. The summed E-state index contributed by atoms with van der Waals surface area (Å²) in [5.41, 5.74) is 0. The smallest absolute Gasteiger partial charge is 0.225 e. The minimum Gasteiger partial charge on any atom is -0.355 e. The Balaban J connectivity index is 1.32. The first kappa shape index (κ1) is 19.9. The number of hydrogen-bond acceptors (Lipinski definition) is 4. The molecule has 3 aliphatic rings. The van der Waals surface area contributed by atoms with E-state index in [1.54, 1.807) is 11.9 Å². The van der Waals surface area contributed by atoms with Crippen LogP contribution in [0.3, 0.4) is 0 Å². The van der Waals surface area contributed by atoms with Crippen molar-refractivity contribution in [3.63, 3.8) is 0 Å². The maximum atomic E-state index is 12.3. The molecule has 0 radical (unpaired) electrons. The molecule has 0 aromatic rings. The highest BCUT2D eigenvalue weighted by atomic mass is 16.2. The molecule has 2 N–H and O–H groups in total.